The summed E-state index contributed by atoms with van der Waals surface area (Å²) in [4.78, 5) is 72.9. The third kappa shape index (κ3) is 72.2. The van der Waals surface area contributed by atoms with E-state index in [9.17, 15) is 43.2 Å². The van der Waals surface area contributed by atoms with Crippen LogP contribution in [0.15, 0.2) is 0 Å². The van der Waals surface area contributed by atoms with E-state index in [4.69, 9.17) is 37.0 Å². The zero-order valence-electron chi connectivity index (χ0n) is 63.5. The van der Waals surface area contributed by atoms with Crippen molar-refractivity contribution in [3.8, 4) is 0 Å². The molecule has 19 heteroatoms. The van der Waals surface area contributed by atoms with Gasteiger partial charge in [-0.15, -0.1) is 0 Å². The Balaban J connectivity index is 5.26. The van der Waals surface area contributed by atoms with E-state index in [2.05, 4.69) is 48.5 Å². The smallest absolute Gasteiger partial charge is 0.462 e. The molecule has 5 atom stereocenters. The zero-order valence-corrected chi connectivity index (χ0v) is 65.3. The molecule has 0 aromatic carbocycles. The normalized spacial score (nSPS) is 14.0. The summed E-state index contributed by atoms with van der Waals surface area (Å²) in [7, 11) is -9.92. The van der Waals surface area contributed by atoms with E-state index in [1.807, 2.05) is 0 Å². The standard InChI is InChI=1S/C78H152O17P2/c1-8-9-10-11-12-13-14-23-31-38-45-52-59-75(80)88-66-74(95-78(83)62-55-48-41-34-27-26-30-37-44-51-58-71(6)7)68-93-97(86,87)91-64-72(79)63-90-96(84,85)92-67-73(65-89-76(81)60-53-46-39-32-25-20-22-29-36-43-50-57-70(4)5)94-77(82)61-54-47-40-33-24-19-17-15-16-18-21-28-35-42-49-56-69(2)3/h69-74,79H,8-68H2,1-7H3,(H,84,85)(H,86,87)/t72-,73-,74-/m1/s1. The fourth-order valence-corrected chi connectivity index (χ4v) is 13.5. The number of carbonyl (C=O) groups excluding carboxylic acids is 4. The topological polar surface area (TPSA) is 237 Å². The largest absolute Gasteiger partial charge is 0.472 e. The summed E-state index contributed by atoms with van der Waals surface area (Å²) in [6.07, 6.45) is 55.4. The fraction of sp³-hybridized carbons (Fsp3) is 0.949. The second-order valence-corrected chi connectivity index (χ2v) is 32.4. The maximum Gasteiger partial charge on any atom is 0.472 e. The molecule has 0 saturated carbocycles. The maximum atomic E-state index is 13.1. The van der Waals surface area contributed by atoms with E-state index >= 15 is 0 Å². The van der Waals surface area contributed by atoms with Crippen LogP contribution in [-0.2, 0) is 65.4 Å². The van der Waals surface area contributed by atoms with Crippen LogP contribution in [0.4, 0.5) is 0 Å². The van der Waals surface area contributed by atoms with E-state index in [-0.39, 0.29) is 25.7 Å². The second kappa shape index (κ2) is 68.5. The van der Waals surface area contributed by atoms with E-state index in [0.717, 1.165) is 108 Å². The van der Waals surface area contributed by atoms with Crippen LogP contribution < -0.4 is 0 Å². The lowest BCUT2D eigenvalue weighted by atomic mass is 10.0. The highest BCUT2D eigenvalue weighted by atomic mass is 31.2. The molecule has 97 heavy (non-hydrogen) atoms. The Bertz CT molecular complexity index is 1890. The number of hydrogen-bond donors (Lipinski definition) is 3. The number of carbonyl (C=O) groups is 4. The summed E-state index contributed by atoms with van der Waals surface area (Å²) in [5.74, 6) is 0.212. The minimum absolute atomic E-state index is 0.106. The molecule has 576 valence electrons. The minimum atomic E-state index is -4.96. The predicted molar refractivity (Wildman–Crippen MR) is 395 cm³/mol. The lowest BCUT2D eigenvalue weighted by molar-refractivity contribution is -0.161. The summed E-state index contributed by atoms with van der Waals surface area (Å²) in [5.41, 5.74) is 0. The van der Waals surface area contributed by atoms with Gasteiger partial charge in [0.2, 0.25) is 0 Å². The van der Waals surface area contributed by atoms with Crippen molar-refractivity contribution < 1.29 is 80.2 Å². The quantitative estimate of drug-likeness (QED) is 0.0222. The number of hydrogen-bond acceptors (Lipinski definition) is 15. The SMILES string of the molecule is CCCCCCCCCCCCCCC(=O)OC[C@H](COP(=O)(O)OC[C@H](O)COP(=O)(O)OC[C@@H](COC(=O)CCCCCCCCCCCCCC(C)C)OC(=O)CCCCCCCCCCCCCCCCCC(C)C)OC(=O)CCCCCCCCCCCCC(C)C. The summed E-state index contributed by atoms with van der Waals surface area (Å²) < 4.78 is 68.6. The fourth-order valence-electron chi connectivity index (χ4n) is 12.0. The number of ether oxygens (including phenoxy) is 4. The molecule has 0 aromatic heterocycles. The Labute approximate surface area is 594 Å². The number of phosphoric acid groups is 2. The van der Waals surface area contributed by atoms with Gasteiger partial charge in [0, 0.05) is 25.7 Å². The molecule has 0 heterocycles. The molecule has 0 radical (unpaired) electrons. The minimum Gasteiger partial charge on any atom is -0.462 e. The van der Waals surface area contributed by atoms with Crippen LogP contribution in [0.5, 0.6) is 0 Å². The summed E-state index contributed by atoms with van der Waals surface area (Å²) >= 11 is 0. The van der Waals surface area contributed by atoms with Crippen molar-refractivity contribution in [3.05, 3.63) is 0 Å². The number of rotatable bonds is 76. The number of esters is 4. The Kier molecular flexibility index (Phi) is 67.1. The van der Waals surface area contributed by atoms with Gasteiger partial charge in [-0.3, -0.25) is 37.3 Å². The summed E-state index contributed by atoms with van der Waals surface area (Å²) in [6.45, 7) is 11.9. The van der Waals surface area contributed by atoms with Gasteiger partial charge in [-0.25, -0.2) is 9.13 Å². The molecule has 0 aliphatic rings. The van der Waals surface area contributed by atoms with Crippen LogP contribution >= 0.6 is 15.6 Å². The van der Waals surface area contributed by atoms with Gasteiger partial charge >= 0.3 is 39.5 Å². The lowest BCUT2D eigenvalue weighted by Crippen LogP contribution is -2.30. The first-order valence-corrected chi connectivity index (χ1v) is 43.3. The molecular weight excluding hydrogens is 1270 g/mol. The third-order valence-electron chi connectivity index (χ3n) is 18.1. The van der Waals surface area contributed by atoms with Crippen LogP contribution in [0.25, 0.3) is 0 Å². The molecule has 0 aliphatic carbocycles. The first-order chi connectivity index (χ1) is 46.7. The zero-order chi connectivity index (χ0) is 71.6. The first-order valence-electron chi connectivity index (χ1n) is 40.3. The highest BCUT2D eigenvalue weighted by Crippen LogP contribution is 2.45. The average Bonchev–Trinajstić information content (AvgIpc) is 1.93. The van der Waals surface area contributed by atoms with Crippen LogP contribution in [-0.4, -0.2) is 96.7 Å². The molecule has 0 saturated heterocycles. The van der Waals surface area contributed by atoms with Crippen LogP contribution in [0.2, 0.25) is 0 Å². The van der Waals surface area contributed by atoms with Crippen LogP contribution in [0.3, 0.4) is 0 Å². The van der Waals surface area contributed by atoms with Crippen molar-refractivity contribution in [2.45, 2.75) is 420 Å². The first kappa shape index (κ1) is 95.1. The van der Waals surface area contributed by atoms with Crippen LogP contribution in [0, 0.1) is 17.8 Å². The molecule has 0 aromatic rings. The van der Waals surface area contributed by atoms with Crippen molar-refractivity contribution in [1.82, 2.24) is 0 Å². The van der Waals surface area contributed by atoms with Gasteiger partial charge in [-0.05, 0) is 43.4 Å². The van der Waals surface area contributed by atoms with Gasteiger partial charge in [0.25, 0.3) is 0 Å². The summed E-state index contributed by atoms with van der Waals surface area (Å²) in [6, 6.07) is 0. The number of aliphatic hydroxyl groups is 1. The van der Waals surface area contributed by atoms with E-state index in [1.165, 1.54) is 212 Å². The molecule has 3 N–H and O–H groups in total. The molecular formula is C78H152O17P2. The molecule has 0 rings (SSSR count). The molecule has 0 aliphatic heterocycles. The highest BCUT2D eigenvalue weighted by Gasteiger charge is 2.30. The second-order valence-electron chi connectivity index (χ2n) is 29.5. The van der Waals surface area contributed by atoms with Crippen molar-refractivity contribution in [1.29, 1.82) is 0 Å². The Morgan fingerprint density at radius 2 is 0.474 bits per heavy atom. The van der Waals surface area contributed by atoms with Gasteiger partial charge < -0.3 is 33.8 Å². The van der Waals surface area contributed by atoms with Crippen molar-refractivity contribution in [2.75, 3.05) is 39.6 Å². The van der Waals surface area contributed by atoms with Crippen LogP contribution in [0.1, 0.15) is 402 Å². The number of aliphatic hydroxyl groups excluding tert-OH is 1. The summed E-state index contributed by atoms with van der Waals surface area (Å²) in [5, 5.41) is 10.6. The maximum absolute atomic E-state index is 13.1. The molecule has 17 nitrogen and oxygen atoms in total. The van der Waals surface area contributed by atoms with Gasteiger partial charge in [0.05, 0.1) is 26.4 Å². The van der Waals surface area contributed by atoms with E-state index < -0.39 is 97.5 Å². The van der Waals surface area contributed by atoms with Crippen molar-refractivity contribution in [2.24, 2.45) is 17.8 Å². The Morgan fingerprint density at radius 1 is 0.278 bits per heavy atom. The van der Waals surface area contributed by atoms with Crippen molar-refractivity contribution in [3.63, 3.8) is 0 Å². The Hall–Kier alpha value is -1.94. The van der Waals surface area contributed by atoms with Gasteiger partial charge in [-0.1, -0.05) is 350 Å². The molecule has 0 spiro atoms. The van der Waals surface area contributed by atoms with Gasteiger partial charge in [-0.2, -0.15) is 0 Å². The predicted octanol–water partition coefficient (Wildman–Crippen LogP) is 23.0. The van der Waals surface area contributed by atoms with E-state index in [1.54, 1.807) is 0 Å². The molecule has 0 bridgehead atoms. The molecule has 2 unspecified atom stereocenters. The number of phosphoric ester groups is 2. The van der Waals surface area contributed by atoms with E-state index in [0.29, 0.717) is 25.7 Å². The monoisotopic (exact) mass is 1420 g/mol. The average molecular weight is 1420 g/mol. The Morgan fingerprint density at radius 3 is 0.701 bits per heavy atom. The highest BCUT2D eigenvalue weighted by molar-refractivity contribution is 7.47. The van der Waals surface area contributed by atoms with Crippen molar-refractivity contribution >= 4 is 39.5 Å². The molecule has 0 amide bonds. The molecule has 0 fully saturated rings. The van der Waals surface area contributed by atoms with Gasteiger partial charge in [0.1, 0.15) is 19.3 Å². The van der Waals surface area contributed by atoms with Gasteiger partial charge in [0.15, 0.2) is 12.2 Å². The number of unbranched alkanes of at least 4 members (excludes halogenated alkanes) is 44. The third-order valence-corrected chi connectivity index (χ3v) is 20.0. The lowest BCUT2D eigenvalue weighted by Gasteiger charge is -2.21.